The molecule has 0 radical (unpaired) electrons. The molecule has 24 heavy (non-hydrogen) atoms. The number of carboxylic acid groups (broad SMARTS) is 1. The van der Waals surface area contributed by atoms with E-state index in [1.54, 1.807) is 18.5 Å². The summed E-state index contributed by atoms with van der Waals surface area (Å²) < 4.78 is 0. The number of anilines is 1. The second-order valence-corrected chi connectivity index (χ2v) is 7.97. The van der Waals surface area contributed by atoms with Crippen molar-refractivity contribution in [2.75, 3.05) is 42.6 Å². The number of hydrogen-bond acceptors (Lipinski definition) is 6. The van der Waals surface area contributed by atoms with Crippen LogP contribution in [-0.2, 0) is 4.79 Å². The molecule has 0 unspecified atom stereocenters. The van der Waals surface area contributed by atoms with E-state index in [4.69, 9.17) is 0 Å². The second kappa shape index (κ2) is 7.70. The molecule has 3 heterocycles. The smallest absolute Gasteiger partial charge is 0.313 e. The molecular formula is C17H26N4O2S. The molecular weight excluding hydrogens is 324 g/mol. The Balaban J connectivity index is 1.79. The Morgan fingerprint density at radius 3 is 2.92 bits per heavy atom. The number of piperidine rings is 2. The Kier molecular flexibility index (Phi) is 5.61. The lowest BCUT2D eigenvalue weighted by molar-refractivity contribution is -0.158. The van der Waals surface area contributed by atoms with Crippen molar-refractivity contribution >= 4 is 23.7 Å². The van der Waals surface area contributed by atoms with E-state index < -0.39 is 11.4 Å². The summed E-state index contributed by atoms with van der Waals surface area (Å²) in [7, 11) is 0. The van der Waals surface area contributed by atoms with E-state index in [2.05, 4.69) is 26.7 Å². The summed E-state index contributed by atoms with van der Waals surface area (Å²) in [4.78, 5) is 25.4. The van der Waals surface area contributed by atoms with Crippen molar-refractivity contribution in [3.8, 4) is 0 Å². The lowest BCUT2D eigenvalue weighted by atomic mass is 9.69. The number of rotatable bonds is 6. The van der Waals surface area contributed by atoms with Crippen LogP contribution < -0.4 is 4.90 Å². The average Bonchev–Trinajstić information content (AvgIpc) is 2.62. The highest BCUT2D eigenvalue weighted by Crippen LogP contribution is 2.42. The van der Waals surface area contributed by atoms with Crippen molar-refractivity contribution in [1.82, 2.24) is 14.9 Å². The average molecular weight is 350 g/mol. The van der Waals surface area contributed by atoms with E-state index >= 15 is 0 Å². The Morgan fingerprint density at radius 2 is 2.21 bits per heavy atom. The molecule has 0 aliphatic carbocycles. The van der Waals surface area contributed by atoms with Crippen molar-refractivity contribution in [1.29, 1.82) is 0 Å². The first-order chi connectivity index (χ1) is 11.7. The summed E-state index contributed by atoms with van der Waals surface area (Å²) in [6, 6.07) is 1.91. The zero-order chi connectivity index (χ0) is 17.0. The minimum absolute atomic E-state index is 0.126. The lowest BCUT2D eigenvalue weighted by Gasteiger charge is -2.52. The third kappa shape index (κ3) is 3.37. The molecule has 3 rings (SSSR count). The van der Waals surface area contributed by atoms with Crippen LogP contribution in [-0.4, -0.2) is 69.7 Å². The molecule has 2 aliphatic rings. The van der Waals surface area contributed by atoms with Gasteiger partial charge in [0.2, 0.25) is 5.95 Å². The van der Waals surface area contributed by atoms with Gasteiger partial charge in [-0.25, -0.2) is 9.97 Å². The number of likely N-dealkylation sites (tertiary alicyclic amines) is 1. The van der Waals surface area contributed by atoms with Crippen molar-refractivity contribution < 1.29 is 9.90 Å². The van der Waals surface area contributed by atoms with Crippen molar-refractivity contribution in [3.63, 3.8) is 0 Å². The van der Waals surface area contributed by atoms with Crippen LogP contribution in [0.5, 0.6) is 0 Å². The molecule has 2 saturated heterocycles. The number of fused-ring (bicyclic) bond motifs is 1. The maximum atomic E-state index is 12.3. The standard InChI is InChI=1S/C17H26N4O2S/c1-2-24-12-11-20-9-3-6-17(15(22)23)13-21(10-5-14(17)20)16-18-7-4-8-19-16/h4,7-8,14H,2-3,5-6,9-13H2,1H3,(H,22,23)/t14-,17+/m1/s1. The van der Waals surface area contributed by atoms with Crippen LogP contribution in [0.1, 0.15) is 26.2 Å². The first-order valence-corrected chi connectivity index (χ1v) is 9.90. The van der Waals surface area contributed by atoms with Gasteiger partial charge >= 0.3 is 5.97 Å². The largest absolute Gasteiger partial charge is 0.481 e. The van der Waals surface area contributed by atoms with Gasteiger partial charge in [0.15, 0.2) is 0 Å². The Bertz CT molecular complexity index is 559. The van der Waals surface area contributed by atoms with Gasteiger partial charge in [0, 0.05) is 43.8 Å². The molecule has 0 spiro atoms. The highest BCUT2D eigenvalue weighted by Gasteiger charge is 2.53. The van der Waals surface area contributed by atoms with Gasteiger partial charge in [-0.15, -0.1) is 0 Å². The molecule has 0 aromatic carbocycles. The fourth-order valence-electron chi connectivity index (χ4n) is 4.15. The van der Waals surface area contributed by atoms with Crippen LogP contribution in [0, 0.1) is 5.41 Å². The fourth-order valence-corrected chi connectivity index (χ4v) is 4.80. The van der Waals surface area contributed by atoms with Crippen molar-refractivity contribution in [3.05, 3.63) is 18.5 Å². The van der Waals surface area contributed by atoms with Crippen LogP contribution in [0.15, 0.2) is 18.5 Å². The van der Waals surface area contributed by atoms with Gasteiger partial charge in [0.05, 0.1) is 0 Å². The molecule has 7 heteroatoms. The van der Waals surface area contributed by atoms with E-state index in [-0.39, 0.29) is 6.04 Å². The highest BCUT2D eigenvalue weighted by molar-refractivity contribution is 7.99. The van der Waals surface area contributed by atoms with Crippen LogP contribution in [0.3, 0.4) is 0 Å². The van der Waals surface area contributed by atoms with Crippen molar-refractivity contribution in [2.45, 2.75) is 32.2 Å². The first-order valence-electron chi connectivity index (χ1n) is 8.74. The van der Waals surface area contributed by atoms with Crippen LogP contribution in [0.4, 0.5) is 5.95 Å². The minimum atomic E-state index is -0.702. The first kappa shape index (κ1) is 17.5. The van der Waals surface area contributed by atoms with Gasteiger partial charge in [0.1, 0.15) is 5.41 Å². The number of nitrogens with zero attached hydrogens (tertiary/aromatic N) is 4. The van der Waals surface area contributed by atoms with Gasteiger partial charge in [-0.1, -0.05) is 6.92 Å². The van der Waals surface area contributed by atoms with E-state index in [0.29, 0.717) is 12.5 Å². The highest BCUT2D eigenvalue weighted by atomic mass is 32.2. The van der Waals surface area contributed by atoms with Crippen LogP contribution >= 0.6 is 11.8 Å². The summed E-state index contributed by atoms with van der Waals surface area (Å²) in [5.41, 5.74) is -0.702. The monoisotopic (exact) mass is 350 g/mol. The number of carbonyl (C=O) groups is 1. The number of thioether (sulfide) groups is 1. The summed E-state index contributed by atoms with van der Waals surface area (Å²) in [5, 5.41) is 10.1. The molecule has 132 valence electrons. The topological polar surface area (TPSA) is 69.6 Å². The van der Waals surface area contributed by atoms with Crippen molar-refractivity contribution in [2.24, 2.45) is 5.41 Å². The number of aromatic nitrogens is 2. The lowest BCUT2D eigenvalue weighted by Crippen LogP contribution is -2.64. The van der Waals surface area contributed by atoms with E-state index in [1.807, 2.05) is 11.8 Å². The maximum absolute atomic E-state index is 12.3. The normalized spacial score (nSPS) is 27.7. The summed E-state index contributed by atoms with van der Waals surface area (Å²) in [6.45, 7) is 5.50. The Labute approximate surface area is 147 Å². The molecule has 6 nitrogen and oxygen atoms in total. The Morgan fingerprint density at radius 1 is 1.42 bits per heavy atom. The maximum Gasteiger partial charge on any atom is 0.313 e. The summed E-state index contributed by atoms with van der Waals surface area (Å²) in [5.74, 6) is 2.17. The third-order valence-corrected chi connectivity index (χ3v) is 6.16. The zero-order valence-corrected chi connectivity index (χ0v) is 15.0. The predicted octanol–water partition coefficient (Wildman–Crippen LogP) is 1.98. The number of carboxylic acids is 1. The summed E-state index contributed by atoms with van der Waals surface area (Å²) in [6.07, 6.45) is 5.99. The molecule has 2 aliphatic heterocycles. The quantitative estimate of drug-likeness (QED) is 0.787. The van der Waals surface area contributed by atoms with Crippen LogP contribution in [0.2, 0.25) is 0 Å². The van der Waals surface area contributed by atoms with Gasteiger partial charge in [0.25, 0.3) is 0 Å². The molecule has 1 N–H and O–H groups in total. The number of hydrogen-bond donors (Lipinski definition) is 1. The minimum Gasteiger partial charge on any atom is -0.481 e. The van der Waals surface area contributed by atoms with E-state index in [1.165, 1.54) is 0 Å². The molecule has 2 fully saturated rings. The van der Waals surface area contributed by atoms with Gasteiger partial charge in [-0.2, -0.15) is 11.8 Å². The van der Waals surface area contributed by atoms with E-state index in [9.17, 15) is 9.90 Å². The van der Waals surface area contributed by atoms with Crippen LogP contribution in [0.25, 0.3) is 0 Å². The third-order valence-electron chi connectivity index (χ3n) is 5.28. The molecule has 2 atom stereocenters. The zero-order valence-electron chi connectivity index (χ0n) is 14.2. The molecule has 0 bridgehead atoms. The SMILES string of the molecule is CCSCCN1CCC[C@]2(C(=O)O)CN(c3ncccn3)CC[C@@H]12. The van der Waals surface area contributed by atoms with Gasteiger partial charge in [-0.05, 0) is 37.6 Å². The fraction of sp³-hybridized carbons (Fsp3) is 0.706. The molecule has 1 aromatic rings. The second-order valence-electron chi connectivity index (χ2n) is 6.57. The molecule has 0 saturated carbocycles. The van der Waals surface area contributed by atoms with Gasteiger partial charge in [-0.3, -0.25) is 9.69 Å². The predicted molar refractivity (Wildman–Crippen MR) is 96.5 cm³/mol. The van der Waals surface area contributed by atoms with E-state index in [0.717, 1.165) is 50.4 Å². The van der Waals surface area contributed by atoms with Gasteiger partial charge < -0.3 is 10.0 Å². The molecule has 0 amide bonds. The number of aliphatic carboxylic acids is 1. The Hall–Kier alpha value is -1.34. The summed E-state index contributed by atoms with van der Waals surface area (Å²) >= 11 is 1.93. The molecule has 1 aromatic heterocycles.